The van der Waals surface area contributed by atoms with E-state index in [4.69, 9.17) is 0 Å². The number of rotatable bonds is 6. The summed E-state index contributed by atoms with van der Waals surface area (Å²) < 4.78 is 0. The lowest BCUT2D eigenvalue weighted by molar-refractivity contribution is 0.591. The number of anilines is 5. The molecule has 0 heterocycles. The SMILES string of the molecule is CC1=CC(N(c2ccccc2)c2c3ccccc3c(N(c3ccccc3)c3cccc(C)c3)c3ccc(C(C)(C)C)cc23)CC=C1. The van der Waals surface area contributed by atoms with Gasteiger partial charge in [0.05, 0.1) is 17.4 Å². The summed E-state index contributed by atoms with van der Waals surface area (Å²) in [4.78, 5) is 5.05. The number of para-hydroxylation sites is 2. The Morgan fingerprint density at radius 2 is 1.17 bits per heavy atom. The zero-order chi connectivity index (χ0) is 31.8. The van der Waals surface area contributed by atoms with E-state index in [1.165, 1.54) is 55.3 Å². The van der Waals surface area contributed by atoms with Crippen molar-refractivity contribution < 1.29 is 0 Å². The van der Waals surface area contributed by atoms with Crippen LogP contribution in [-0.4, -0.2) is 6.04 Å². The fourth-order valence-electron chi connectivity index (χ4n) is 6.93. The molecule has 0 aliphatic heterocycles. The Balaban J connectivity index is 1.65. The van der Waals surface area contributed by atoms with Crippen LogP contribution in [0.4, 0.5) is 28.4 Å². The molecule has 0 spiro atoms. The Bertz CT molecular complexity index is 2080. The Hall–Kier alpha value is -5.08. The molecular formula is C44H42N2. The summed E-state index contributed by atoms with van der Waals surface area (Å²) in [6, 6.07) is 47.0. The average Bonchev–Trinajstić information content (AvgIpc) is 3.06. The van der Waals surface area contributed by atoms with Gasteiger partial charge in [-0.05, 0) is 79.3 Å². The smallest absolute Gasteiger partial charge is 0.0619 e. The van der Waals surface area contributed by atoms with E-state index < -0.39 is 0 Å². The molecule has 1 unspecified atom stereocenters. The van der Waals surface area contributed by atoms with Gasteiger partial charge >= 0.3 is 0 Å². The largest absolute Gasteiger partial charge is 0.333 e. The van der Waals surface area contributed by atoms with Crippen LogP contribution < -0.4 is 9.80 Å². The second-order valence-electron chi connectivity index (χ2n) is 13.6. The van der Waals surface area contributed by atoms with E-state index >= 15 is 0 Å². The molecule has 6 aromatic carbocycles. The Kier molecular flexibility index (Phi) is 7.74. The van der Waals surface area contributed by atoms with Crippen molar-refractivity contribution >= 4 is 50.0 Å². The van der Waals surface area contributed by atoms with Gasteiger partial charge in [-0.1, -0.05) is 130 Å². The highest BCUT2D eigenvalue weighted by atomic mass is 15.2. The van der Waals surface area contributed by atoms with Crippen molar-refractivity contribution in [3.8, 4) is 0 Å². The normalized spacial score (nSPS) is 14.8. The zero-order valence-corrected chi connectivity index (χ0v) is 27.5. The van der Waals surface area contributed by atoms with Gasteiger partial charge in [0.15, 0.2) is 0 Å². The summed E-state index contributed by atoms with van der Waals surface area (Å²) in [5.74, 6) is 0. The molecule has 0 radical (unpaired) electrons. The predicted molar refractivity (Wildman–Crippen MR) is 199 cm³/mol. The lowest BCUT2D eigenvalue weighted by Crippen LogP contribution is -2.31. The fraction of sp³-hybridized carbons (Fsp3) is 0.182. The highest BCUT2D eigenvalue weighted by Gasteiger charge is 2.28. The lowest BCUT2D eigenvalue weighted by Gasteiger charge is -2.37. The first-order valence-corrected chi connectivity index (χ1v) is 16.4. The van der Waals surface area contributed by atoms with Crippen LogP contribution >= 0.6 is 0 Å². The molecule has 0 aromatic heterocycles. The van der Waals surface area contributed by atoms with Gasteiger partial charge < -0.3 is 9.80 Å². The Labute approximate surface area is 273 Å². The van der Waals surface area contributed by atoms with E-state index in [-0.39, 0.29) is 11.5 Å². The molecule has 0 saturated heterocycles. The molecule has 1 atom stereocenters. The minimum atomic E-state index is -0.00539. The number of allylic oxidation sites excluding steroid dienone is 2. The number of hydrogen-bond donors (Lipinski definition) is 0. The van der Waals surface area contributed by atoms with Gasteiger partial charge in [-0.15, -0.1) is 0 Å². The first kappa shape index (κ1) is 29.6. The van der Waals surface area contributed by atoms with Crippen LogP contribution in [0.25, 0.3) is 21.5 Å². The van der Waals surface area contributed by atoms with Crippen molar-refractivity contribution in [3.63, 3.8) is 0 Å². The average molecular weight is 599 g/mol. The maximum absolute atomic E-state index is 2.59. The van der Waals surface area contributed by atoms with Gasteiger partial charge in [-0.25, -0.2) is 0 Å². The molecule has 7 rings (SSSR count). The van der Waals surface area contributed by atoms with Gasteiger partial charge in [0.1, 0.15) is 0 Å². The molecule has 46 heavy (non-hydrogen) atoms. The third-order valence-electron chi connectivity index (χ3n) is 9.15. The predicted octanol–water partition coefficient (Wildman–Crippen LogP) is 12.5. The van der Waals surface area contributed by atoms with E-state index in [2.05, 4.69) is 190 Å². The number of aryl methyl sites for hydroxylation is 1. The molecular weight excluding hydrogens is 556 g/mol. The summed E-state index contributed by atoms with van der Waals surface area (Å²) in [5.41, 5.74) is 9.81. The van der Waals surface area contributed by atoms with E-state index in [0.29, 0.717) is 0 Å². The molecule has 0 saturated carbocycles. The van der Waals surface area contributed by atoms with Gasteiger partial charge in [-0.2, -0.15) is 0 Å². The maximum Gasteiger partial charge on any atom is 0.0619 e. The Morgan fingerprint density at radius 1 is 0.565 bits per heavy atom. The van der Waals surface area contributed by atoms with E-state index in [1.54, 1.807) is 0 Å². The number of hydrogen-bond acceptors (Lipinski definition) is 2. The zero-order valence-electron chi connectivity index (χ0n) is 27.5. The molecule has 1 aliphatic carbocycles. The summed E-state index contributed by atoms with van der Waals surface area (Å²) in [6.07, 6.45) is 7.95. The summed E-state index contributed by atoms with van der Waals surface area (Å²) in [7, 11) is 0. The molecule has 0 fully saturated rings. The molecule has 2 heteroatoms. The van der Waals surface area contributed by atoms with Crippen LogP contribution in [0, 0.1) is 6.92 Å². The number of benzene rings is 6. The van der Waals surface area contributed by atoms with Crippen molar-refractivity contribution in [1.29, 1.82) is 0 Å². The van der Waals surface area contributed by atoms with Crippen LogP contribution in [0.1, 0.15) is 45.2 Å². The van der Waals surface area contributed by atoms with E-state index in [0.717, 1.165) is 17.8 Å². The van der Waals surface area contributed by atoms with Gasteiger partial charge in [0.25, 0.3) is 0 Å². The third kappa shape index (κ3) is 5.49. The molecule has 0 amide bonds. The Morgan fingerprint density at radius 3 is 1.83 bits per heavy atom. The topological polar surface area (TPSA) is 6.48 Å². The van der Waals surface area contributed by atoms with Crippen molar-refractivity contribution in [2.45, 2.75) is 52.5 Å². The molecule has 228 valence electrons. The summed E-state index contributed by atoms with van der Waals surface area (Å²) >= 11 is 0. The van der Waals surface area contributed by atoms with E-state index in [1.807, 2.05) is 0 Å². The van der Waals surface area contributed by atoms with Crippen molar-refractivity contribution in [3.05, 3.63) is 162 Å². The number of nitrogens with zero attached hydrogens (tertiary/aromatic N) is 2. The van der Waals surface area contributed by atoms with Gasteiger partial charge in [0.2, 0.25) is 0 Å². The second-order valence-corrected chi connectivity index (χ2v) is 13.6. The van der Waals surface area contributed by atoms with Gasteiger partial charge in [-0.3, -0.25) is 0 Å². The van der Waals surface area contributed by atoms with Crippen LogP contribution in [0.5, 0.6) is 0 Å². The van der Waals surface area contributed by atoms with Crippen molar-refractivity contribution in [1.82, 2.24) is 0 Å². The van der Waals surface area contributed by atoms with Gasteiger partial charge in [0, 0.05) is 38.6 Å². The van der Waals surface area contributed by atoms with Crippen molar-refractivity contribution in [2.75, 3.05) is 9.80 Å². The molecule has 0 bridgehead atoms. The third-order valence-corrected chi connectivity index (χ3v) is 9.15. The first-order valence-electron chi connectivity index (χ1n) is 16.4. The first-order chi connectivity index (χ1) is 22.3. The summed E-state index contributed by atoms with van der Waals surface area (Å²) in [5, 5.41) is 4.97. The standard InChI is InChI=1S/C44H42N2/c1-31-16-14-22-36(28-31)45(34-18-8-6-9-19-34)42-38-24-12-13-25-39(38)43(41-30-33(44(3,4)5)26-27-40(41)42)46(35-20-10-7-11-21-35)37-23-15-17-32(2)29-37/h6-22,24-30,37H,23H2,1-5H3. The highest BCUT2D eigenvalue weighted by Crippen LogP contribution is 2.50. The highest BCUT2D eigenvalue weighted by molar-refractivity contribution is 6.22. The molecule has 0 N–H and O–H groups in total. The van der Waals surface area contributed by atoms with Crippen LogP contribution in [0.2, 0.25) is 0 Å². The number of fused-ring (bicyclic) bond motifs is 2. The lowest BCUT2D eigenvalue weighted by atomic mass is 9.84. The maximum atomic E-state index is 2.59. The summed E-state index contributed by atoms with van der Waals surface area (Å²) in [6.45, 7) is 11.3. The molecule has 6 aromatic rings. The van der Waals surface area contributed by atoms with E-state index in [9.17, 15) is 0 Å². The monoisotopic (exact) mass is 598 g/mol. The molecule has 2 nitrogen and oxygen atoms in total. The quantitative estimate of drug-likeness (QED) is 0.139. The molecule has 1 aliphatic rings. The van der Waals surface area contributed by atoms with Crippen molar-refractivity contribution in [2.24, 2.45) is 0 Å². The minimum absolute atomic E-state index is 0.00539. The minimum Gasteiger partial charge on any atom is -0.333 e. The fourth-order valence-corrected chi connectivity index (χ4v) is 6.93. The second kappa shape index (κ2) is 12.0. The van der Waals surface area contributed by atoms with Crippen LogP contribution in [0.15, 0.2) is 151 Å². The van der Waals surface area contributed by atoms with Crippen LogP contribution in [0.3, 0.4) is 0 Å². The van der Waals surface area contributed by atoms with Crippen LogP contribution in [-0.2, 0) is 5.41 Å².